The molecule has 2 N–H and O–H groups in total. The van der Waals surface area contributed by atoms with Crippen molar-refractivity contribution < 1.29 is 23.2 Å². The number of benzene rings is 2. The Morgan fingerprint density at radius 1 is 1.18 bits per heavy atom. The predicted molar refractivity (Wildman–Crippen MR) is 104 cm³/mol. The summed E-state index contributed by atoms with van der Waals surface area (Å²) in [7, 11) is -2.66. The summed E-state index contributed by atoms with van der Waals surface area (Å²) in [5.74, 6) is -0.510. The first-order valence-electron chi connectivity index (χ1n) is 8.49. The zero-order chi connectivity index (χ0) is 20.4. The topological polar surface area (TPSA) is 106 Å². The first kappa shape index (κ1) is 19.8. The molecule has 0 spiro atoms. The van der Waals surface area contributed by atoms with Gasteiger partial charge in [0.1, 0.15) is 5.75 Å². The summed E-state index contributed by atoms with van der Waals surface area (Å²) in [5.41, 5.74) is 2.90. The molecule has 1 amide bonds. The lowest BCUT2D eigenvalue weighted by atomic mass is 9.98. The van der Waals surface area contributed by atoms with Crippen LogP contribution >= 0.6 is 0 Å². The average Bonchev–Trinajstić information content (AvgIpc) is 2.72. The van der Waals surface area contributed by atoms with E-state index in [1.807, 2.05) is 6.07 Å². The number of ether oxygens (including phenoxy) is 1. The van der Waals surface area contributed by atoms with Crippen molar-refractivity contribution in [1.29, 1.82) is 0 Å². The Morgan fingerprint density at radius 2 is 1.89 bits per heavy atom. The zero-order valence-electron chi connectivity index (χ0n) is 15.4. The molecule has 3 rings (SSSR count). The van der Waals surface area contributed by atoms with E-state index in [9.17, 15) is 18.4 Å². The minimum absolute atomic E-state index is 0.0399. The van der Waals surface area contributed by atoms with Gasteiger partial charge < -0.3 is 4.74 Å². The summed E-state index contributed by atoms with van der Waals surface area (Å²) in [6.07, 6.45) is 1.54. The maximum atomic E-state index is 13.3. The second-order valence-electron chi connectivity index (χ2n) is 6.56. The Morgan fingerprint density at radius 3 is 2.54 bits per heavy atom. The van der Waals surface area contributed by atoms with Gasteiger partial charge >= 0.3 is 0 Å². The average molecular weight is 400 g/mol. The first-order valence-corrected chi connectivity index (χ1v) is 9.97. The third-order valence-electron chi connectivity index (χ3n) is 4.75. The van der Waals surface area contributed by atoms with Crippen LogP contribution < -0.4 is 10.2 Å². The van der Waals surface area contributed by atoms with Crippen molar-refractivity contribution in [1.82, 2.24) is 10.5 Å². The number of nitrogens with one attached hydrogen (secondary N) is 1. The van der Waals surface area contributed by atoms with E-state index in [4.69, 9.17) is 4.74 Å². The second kappa shape index (κ2) is 7.57. The van der Waals surface area contributed by atoms with Crippen LogP contribution in [0.1, 0.15) is 12.5 Å². The molecule has 0 aliphatic rings. The molecule has 0 saturated carbocycles. The van der Waals surface area contributed by atoms with Crippen LogP contribution in [-0.4, -0.2) is 36.4 Å². The summed E-state index contributed by atoms with van der Waals surface area (Å²) in [4.78, 5) is 16.7. The third-order valence-corrected chi connectivity index (χ3v) is 7.16. The molecule has 1 atom stereocenters. The minimum Gasteiger partial charge on any atom is -0.497 e. The fourth-order valence-corrected chi connectivity index (χ4v) is 4.72. The number of methoxy groups -OCH3 is 1. The third kappa shape index (κ3) is 3.44. The normalized spacial score (nSPS) is 13.7. The number of hydroxylamine groups is 1. The number of pyridine rings is 1. The highest BCUT2D eigenvalue weighted by molar-refractivity contribution is 7.93. The van der Waals surface area contributed by atoms with Crippen molar-refractivity contribution in [3.8, 4) is 5.75 Å². The maximum Gasteiger partial charge on any atom is 0.265 e. The van der Waals surface area contributed by atoms with E-state index in [0.29, 0.717) is 11.3 Å². The molecule has 0 fully saturated rings. The summed E-state index contributed by atoms with van der Waals surface area (Å²) in [6, 6.07) is 14.7. The number of hydrogen-bond donors (Lipinski definition) is 2. The molecule has 28 heavy (non-hydrogen) atoms. The molecule has 1 aromatic heterocycles. The van der Waals surface area contributed by atoms with E-state index in [0.717, 1.165) is 10.9 Å². The van der Waals surface area contributed by atoms with Crippen molar-refractivity contribution in [3.63, 3.8) is 0 Å². The molecule has 146 valence electrons. The second-order valence-corrected chi connectivity index (χ2v) is 8.94. The fourth-order valence-electron chi connectivity index (χ4n) is 3.06. The highest BCUT2D eigenvalue weighted by atomic mass is 32.2. The molecule has 2 aromatic carbocycles. The van der Waals surface area contributed by atoms with Gasteiger partial charge in [0.05, 0.1) is 17.5 Å². The monoisotopic (exact) mass is 400 g/mol. The van der Waals surface area contributed by atoms with E-state index in [2.05, 4.69) is 4.98 Å². The van der Waals surface area contributed by atoms with E-state index < -0.39 is 20.5 Å². The molecular weight excluding hydrogens is 380 g/mol. The molecule has 1 unspecified atom stereocenters. The van der Waals surface area contributed by atoms with Gasteiger partial charge in [-0.15, -0.1) is 0 Å². The highest BCUT2D eigenvalue weighted by Crippen LogP contribution is 2.31. The van der Waals surface area contributed by atoms with Gasteiger partial charge in [-0.1, -0.05) is 12.1 Å². The van der Waals surface area contributed by atoms with Crippen LogP contribution in [0.5, 0.6) is 5.75 Å². The van der Waals surface area contributed by atoms with Gasteiger partial charge in [-0.05, 0) is 55.0 Å². The number of rotatable bonds is 6. The Balaban J connectivity index is 2.06. The predicted octanol–water partition coefficient (Wildman–Crippen LogP) is 2.52. The van der Waals surface area contributed by atoms with Gasteiger partial charge in [0.25, 0.3) is 5.91 Å². The maximum absolute atomic E-state index is 13.3. The SMILES string of the molecule is COc1ccc(S(=O)(=O)C(C)(Cc2ccc3ncccc3c2)C(=O)NO)cc1. The van der Waals surface area contributed by atoms with Crippen LogP contribution in [0.4, 0.5) is 0 Å². The smallest absolute Gasteiger partial charge is 0.265 e. The zero-order valence-corrected chi connectivity index (χ0v) is 16.2. The number of aromatic nitrogens is 1. The van der Waals surface area contributed by atoms with Crippen molar-refractivity contribution in [2.45, 2.75) is 23.0 Å². The van der Waals surface area contributed by atoms with E-state index in [1.165, 1.54) is 43.8 Å². The molecule has 0 radical (unpaired) electrons. The number of nitrogens with zero attached hydrogens (tertiary/aromatic N) is 1. The van der Waals surface area contributed by atoms with Crippen molar-refractivity contribution in [2.24, 2.45) is 0 Å². The van der Waals surface area contributed by atoms with Crippen molar-refractivity contribution in [3.05, 3.63) is 66.4 Å². The molecule has 1 heterocycles. The molecule has 0 aliphatic carbocycles. The summed E-state index contributed by atoms with van der Waals surface area (Å²) < 4.78 is 29.7. The summed E-state index contributed by atoms with van der Waals surface area (Å²) in [5, 5.41) is 10.0. The summed E-state index contributed by atoms with van der Waals surface area (Å²) >= 11 is 0. The van der Waals surface area contributed by atoms with Crippen LogP contribution in [0.3, 0.4) is 0 Å². The lowest BCUT2D eigenvalue weighted by molar-refractivity contribution is -0.131. The lowest BCUT2D eigenvalue weighted by Crippen LogP contribution is -2.51. The van der Waals surface area contributed by atoms with E-state index in [-0.39, 0.29) is 11.3 Å². The minimum atomic E-state index is -4.13. The van der Waals surface area contributed by atoms with Gasteiger partial charge in [0.15, 0.2) is 14.6 Å². The van der Waals surface area contributed by atoms with Gasteiger partial charge in [0, 0.05) is 18.0 Å². The summed E-state index contributed by atoms with van der Waals surface area (Å²) in [6.45, 7) is 1.30. The Hall–Kier alpha value is -2.97. The molecule has 0 bridgehead atoms. The number of amides is 1. The van der Waals surface area contributed by atoms with Crippen LogP contribution in [0.15, 0.2) is 65.7 Å². The number of carbonyl (C=O) groups is 1. The number of hydrogen-bond acceptors (Lipinski definition) is 6. The standard InChI is InChI=1S/C20H20N2O5S/c1-20(19(23)22-24,28(25,26)17-8-6-16(27-2)7-9-17)13-14-5-10-18-15(12-14)4-3-11-21-18/h3-12,24H,13H2,1-2H3,(H,22,23). The first-order chi connectivity index (χ1) is 13.3. The van der Waals surface area contributed by atoms with Crippen molar-refractivity contribution >= 4 is 26.6 Å². The van der Waals surface area contributed by atoms with Crippen LogP contribution in [0.2, 0.25) is 0 Å². The van der Waals surface area contributed by atoms with Gasteiger partial charge in [0.2, 0.25) is 0 Å². The molecule has 3 aromatic rings. The van der Waals surface area contributed by atoms with Crippen LogP contribution in [-0.2, 0) is 21.1 Å². The van der Waals surface area contributed by atoms with Gasteiger partial charge in [-0.3, -0.25) is 15.0 Å². The number of fused-ring (bicyclic) bond motifs is 1. The van der Waals surface area contributed by atoms with Crippen LogP contribution in [0.25, 0.3) is 10.9 Å². The molecule has 0 saturated heterocycles. The molecule has 0 aliphatic heterocycles. The van der Waals surface area contributed by atoms with E-state index >= 15 is 0 Å². The highest BCUT2D eigenvalue weighted by Gasteiger charge is 2.47. The van der Waals surface area contributed by atoms with Crippen molar-refractivity contribution in [2.75, 3.05) is 7.11 Å². The molecule has 8 heteroatoms. The number of sulfone groups is 1. The van der Waals surface area contributed by atoms with Crippen LogP contribution in [0, 0.1) is 0 Å². The quantitative estimate of drug-likeness (QED) is 0.487. The van der Waals surface area contributed by atoms with Gasteiger partial charge in [-0.25, -0.2) is 13.9 Å². The number of carbonyl (C=O) groups excluding carboxylic acids is 1. The van der Waals surface area contributed by atoms with Gasteiger partial charge in [-0.2, -0.15) is 0 Å². The molecular formula is C20H20N2O5S. The fraction of sp³-hybridized carbons (Fsp3) is 0.200. The van der Waals surface area contributed by atoms with E-state index in [1.54, 1.807) is 30.5 Å². The lowest BCUT2D eigenvalue weighted by Gasteiger charge is -2.27. The Bertz CT molecular complexity index is 1110. The largest absolute Gasteiger partial charge is 0.497 e. The molecule has 7 nitrogen and oxygen atoms in total. The Kier molecular flexibility index (Phi) is 5.35. The Labute approximate surface area is 162 Å².